The number of methoxy groups -OCH3 is 1. The average Bonchev–Trinajstić information content (AvgIpc) is 2.39. The van der Waals surface area contributed by atoms with E-state index in [2.05, 4.69) is 26.9 Å². The maximum atomic E-state index is 11.4. The largest absolute Gasteiger partial charge is 0.465 e. The molecule has 0 aromatic carbocycles. The van der Waals surface area contributed by atoms with Gasteiger partial charge in [0.1, 0.15) is 5.82 Å². The standard InChI is InChI=1S/C12H20N4O2/c1-4-16(2)8-7-15-11-10(13)9(5-6-14-11)12(17)18-3/h5-6H,4,7-8,13H2,1-3H3,(H,14,15). The molecule has 6 heteroatoms. The number of nitrogens with two attached hydrogens (primary N) is 1. The highest BCUT2D eigenvalue weighted by Gasteiger charge is 2.13. The summed E-state index contributed by atoms with van der Waals surface area (Å²) in [4.78, 5) is 17.7. The van der Waals surface area contributed by atoms with Crippen molar-refractivity contribution < 1.29 is 9.53 Å². The van der Waals surface area contributed by atoms with E-state index in [9.17, 15) is 4.79 Å². The summed E-state index contributed by atoms with van der Waals surface area (Å²) in [7, 11) is 3.36. The van der Waals surface area contributed by atoms with E-state index in [0.717, 1.165) is 13.1 Å². The monoisotopic (exact) mass is 252 g/mol. The number of likely N-dealkylation sites (N-methyl/N-ethyl adjacent to an activating group) is 1. The van der Waals surface area contributed by atoms with Crippen LogP contribution < -0.4 is 11.1 Å². The number of hydrogen-bond acceptors (Lipinski definition) is 6. The molecule has 1 aromatic rings. The molecule has 0 atom stereocenters. The summed E-state index contributed by atoms with van der Waals surface area (Å²) in [5, 5.41) is 3.11. The van der Waals surface area contributed by atoms with Gasteiger partial charge in [0, 0.05) is 19.3 Å². The zero-order valence-corrected chi connectivity index (χ0v) is 11.1. The van der Waals surface area contributed by atoms with Crippen molar-refractivity contribution in [3.05, 3.63) is 17.8 Å². The molecule has 0 fully saturated rings. The molecule has 0 saturated heterocycles. The van der Waals surface area contributed by atoms with Crippen LogP contribution in [0.1, 0.15) is 17.3 Å². The Morgan fingerprint density at radius 1 is 1.61 bits per heavy atom. The molecular weight excluding hydrogens is 232 g/mol. The normalized spacial score (nSPS) is 10.4. The molecule has 1 heterocycles. The third-order valence-electron chi connectivity index (χ3n) is 2.72. The molecule has 0 aliphatic heterocycles. The van der Waals surface area contributed by atoms with E-state index >= 15 is 0 Å². The van der Waals surface area contributed by atoms with Crippen LogP contribution >= 0.6 is 0 Å². The second-order valence-electron chi connectivity index (χ2n) is 3.94. The number of hydrogen-bond donors (Lipinski definition) is 2. The maximum Gasteiger partial charge on any atom is 0.340 e. The third-order valence-corrected chi connectivity index (χ3v) is 2.72. The molecule has 0 radical (unpaired) electrons. The van der Waals surface area contributed by atoms with E-state index in [1.165, 1.54) is 13.3 Å². The fourth-order valence-electron chi connectivity index (χ4n) is 1.43. The Morgan fingerprint density at radius 2 is 2.33 bits per heavy atom. The number of anilines is 2. The Morgan fingerprint density at radius 3 is 2.94 bits per heavy atom. The predicted octanol–water partition coefficient (Wildman–Crippen LogP) is 0.814. The molecule has 1 aromatic heterocycles. The molecular formula is C12H20N4O2. The van der Waals surface area contributed by atoms with Crippen molar-refractivity contribution in [2.75, 3.05) is 44.8 Å². The van der Waals surface area contributed by atoms with Gasteiger partial charge in [-0.3, -0.25) is 0 Å². The molecule has 0 bridgehead atoms. The van der Waals surface area contributed by atoms with Crippen LogP contribution in [0.4, 0.5) is 11.5 Å². The van der Waals surface area contributed by atoms with Gasteiger partial charge in [-0.1, -0.05) is 6.92 Å². The zero-order valence-electron chi connectivity index (χ0n) is 11.1. The van der Waals surface area contributed by atoms with Gasteiger partial charge in [0.2, 0.25) is 0 Å². The van der Waals surface area contributed by atoms with Crippen LogP contribution in [0.3, 0.4) is 0 Å². The maximum absolute atomic E-state index is 11.4. The Balaban J connectivity index is 2.69. The first-order valence-corrected chi connectivity index (χ1v) is 5.85. The number of nitrogens with zero attached hydrogens (tertiary/aromatic N) is 2. The van der Waals surface area contributed by atoms with Gasteiger partial charge in [0.15, 0.2) is 0 Å². The zero-order chi connectivity index (χ0) is 13.5. The molecule has 0 saturated carbocycles. The molecule has 0 aliphatic carbocycles. The van der Waals surface area contributed by atoms with Crippen molar-refractivity contribution in [1.82, 2.24) is 9.88 Å². The topological polar surface area (TPSA) is 80.5 Å². The first-order chi connectivity index (χ1) is 8.60. The van der Waals surface area contributed by atoms with Gasteiger partial charge in [0.25, 0.3) is 0 Å². The molecule has 3 N–H and O–H groups in total. The lowest BCUT2D eigenvalue weighted by molar-refractivity contribution is 0.0602. The average molecular weight is 252 g/mol. The van der Waals surface area contributed by atoms with Gasteiger partial charge < -0.3 is 20.7 Å². The Kier molecular flexibility index (Phi) is 5.38. The van der Waals surface area contributed by atoms with E-state index in [0.29, 0.717) is 23.6 Å². The molecule has 0 aliphatic rings. The number of pyridine rings is 1. The molecule has 1 rings (SSSR count). The minimum absolute atomic E-state index is 0.323. The van der Waals surface area contributed by atoms with Crippen molar-refractivity contribution in [2.45, 2.75) is 6.92 Å². The second kappa shape index (κ2) is 6.80. The van der Waals surface area contributed by atoms with Gasteiger partial charge in [-0.15, -0.1) is 0 Å². The summed E-state index contributed by atoms with van der Waals surface area (Å²) in [6.45, 7) is 4.66. The minimum atomic E-state index is -0.455. The van der Waals surface area contributed by atoms with Crippen LogP contribution in [0.5, 0.6) is 0 Å². The van der Waals surface area contributed by atoms with E-state index in [1.54, 1.807) is 6.07 Å². The summed E-state index contributed by atoms with van der Waals surface area (Å²) in [5.74, 6) is 0.0611. The SMILES string of the molecule is CCN(C)CCNc1nccc(C(=O)OC)c1N. The number of carbonyl (C=O) groups excluding carboxylic acids is 1. The van der Waals surface area contributed by atoms with Crippen molar-refractivity contribution in [3.63, 3.8) is 0 Å². The molecule has 0 amide bonds. The van der Waals surface area contributed by atoms with Gasteiger partial charge in [-0.25, -0.2) is 9.78 Å². The first-order valence-electron chi connectivity index (χ1n) is 5.85. The lowest BCUT2D eigenvalue weighted by Crippen LogP contribution is -2.25. The van der Waals surface area contributed by atoms with Crippen LogP contribution in [0.15, 0.2) is 12.3 Å². The van der Waals surface area contributed by atoms with Gasteiger partial charge in [-0.05, 0) is 19.7 Å². The molecule has 0 spiro atoms. The van der Waals surface area contributed by atoms with Crippen LogP contribution in [-0.4, -0.2) is 49.6 Å². The van der Waals surface area contributed by atoms with Crippen molar-refractivity contribution >= 4 is 17.5 Å². The van der Waals surface area contributed by atoms with Gasteiger partial charge in [-0.2, -0.15) is 0 Å². The fourth-order valence-corrected chi connectivity index (χ4v) is 1.43. The van der Waals surface area contributed by atoms with Crippen molar-refractivity contribution in [1.29, 1.82) is 0 Å². The van der Waals surface area contributed by atoms with E-state index in [4.69, 9.17) is 5.73 Å². The quantitative estimate of drug-likeness (QED) is 0.729. The molecule has 100 valence electrons. The predicted molar refractivity (Wildman–Crippen MR) is 71.6 cm³/mol. The second-order valence-corrected chi connectivity index (χ2v) is 3.94. The van der Waals surface area contributed by atoms with E-state index in [-0.39, 0.29) is 0 Å². The van der Waals surface area contributed by atoms with E-state index in [1.807, 2.05) is 7.05 Å². The number of nitrogen functional groups attached to an aromatic ring is 1. The van der Waals surface area contributed by atoms with Crippen LogP contribution in [0, 0.1) is 0 Å². The number of aromatic nitrogens is 1. The minimum Gasteiger partial charge on any atom is -0.465 e. The number of esters is 1. The molecule has 18 heavy (non-hydrogen) atoms. The summed E-state index contributed by atoms with van der Waals surface area (Å²) in [5.41, 5.74) is 6.52. The van der Waals surface area contributed by atoms with Crippen LogP contribution in [-0.2, 0) is 4.74 Å². The first kappa shape index (κ1) is 14.2. The number of rotatable bonds is 6. The summed E-state index contributed by atoms with van der Waals surface area (Å²) in [6, 6.07) is 1.55. The Bertz CT molecular complexity index is 409. The Hall–Kier alpha value is -1.82. The Labute approximate surface area is 107 Å². The summed E-state index contributed by atoms with van der Waals surface area (Å²) < 4.78 is 4.65. The molecule has 6 nitrogen and oxygen atoms in total. The molecule has 0 unspecified atom stereocenters. The summed E-state index contributed by atoms with van der Waals surface area (Å²) in [6.07, 6.45) is 1.54. The number of carbonyl (C=O) groups is 1. The highest BCUT2D eigenvalue weighted by molar-refractivity contribution is 5.97. The third kappa shape index (κ3) is 3.59. The van der Waals surface area contributed by atoms with Crippen molar-refractivity contribution in [3.8, 4) is 0 Å². The summed E-state index contributed by atoms with van der Waals surface area (Å²) >= 11 is 0. The lowest BCUT2D eigenvalue weighted by Gasteiger charge is -2.15. The van der Waals surface area contributed by atoms with Crippen LogP contribution in [0.25, 0.3) is 0 Å². The van der Waals surface area contributed by atoms with Crippen LogP contribution in [0.2, 0.25) is 0 Å². The smallest absolute Gasteiger partial charge is 0.340 e. The van der Waals surface area contributed by atoms with Gasteiger partial charge in [0.05, 0.1) is 18.4 Å². The fraction of sp³-hybridized carbons (Fsp3) is 0.500. The number of nitrogens with one attached hydrogen (secondary N) is 1. The number of ether oxygens (including phenoxy) is 1. The van der Waals surface area contributed by atoms with Crippen molar-refractivity contribution in [2.24, 2.45) is 0 Å². The highest BCUT2D eigenvalue weighted by Crippen LogP contribution is 2.20. The van der Waals surface area contributed by atoms with E-state index < -0.39 is 5.97 Å². The lowest BCUT2D eigenvalue weighted by atomic mass is 10.2. The highest BCUT2D eigenvalue weighted by atomic mass is 16.5. The van der Waals surface area contributed by atoms with Gasteiger partial charge >= 0.3 is 5.97 Å².